The van der Waals surface area contributed by atoms with Crippen molar-refractivity contribution in [2.75, 3.05) is 5.32 Å². The Hall–Kier alpha value is -1.65. The van der Waals surface area contributed by atoms with Crippen LogP contribution in [0.25, 0.3) is 0 Å². The van der Waals surface area contributed by atoms with Crippen LogP contribution in [0, 0.1) is 27.8 Å². The van der Waals surface area contributed by atoms with Crippen molar-refractivity contribution in [3.8, 4) is 0 Å². The normalized spacial score (nSPS) is 29.5. The van der Waals surface area contributed by atoms with Crippen LogP contribution in [0.15, 0.2) is 18.2 Å². The molecule has 5 heteroatoms. The number of non-ortho nitro benzene ring substituents is 1. The number of anilines is 1. The summed E-state index contributed by atoms with van der Waals surface area (Å²) in [7, 11) is 0. The first-order chi connectivity index (χ1) is 8.66. The van der Waals surface area contributed by atoms with Crippen LogP contribution in [0.1, 0.15) is 25.7 Å². The summed E-state index contributed by atoms with van der Waals surface area (Å²) < 4.78 is 13.7. The van der Waals surface area contributed by atoms with Gasteiger partial charge in [-0.3, -0.25) is 10.1 Å². The van der Waals surface area contributed by atoms with Gasteiger partial charge in [-0.25, -0.2) is 4.39 Å². The summed E-state index contributed by atoms with van der Waals surface area (Å²) in [5.41, 5.74) is 0.186. The van der Waals surface area contributed by atoms with Gasteiger partial charge in [-0.05, 0) is 30.7 Å². The van der Waals surface area contributed by atoms with E-state index in [-0.39, 0.29) is 5.69 Å². The Morgan fingerprint density at radius 3 is 2.50 bits per heavy atom. The third-order valence-electron chi connectivity index (χ3n) is 4.14. The molecule has 0 heterocycles. The van der Waals surface area contributed by atoms with Crippen molar-refractivity contribution >= 4 is 11.4 Å². The van der Waals surface area contributed by atoms with Crippen LogP contribution >= 0.6 is 0 Å². The quantitative estimate of drug-likeness (QED) is 0.661. The van der Waals surface area contributed by atoms with E-state index < -0.39 is 10.7 Å². The molecule has 0 unspecified atom stereocenters. The van der Waals surface area contributed by atoms with E-state index >= 15 is 0 Å². The number of benzene rings is 1. The van der Waals surface area contributed by atoms with Gasteiger partial charge in [0.2, 0.25) is 0 Å². The highest BCUT2D eigenvalue weighted by molar-refractivity contribution is 5.52. The molecule has 0 aliphatic heterocycles. The number of nitro groups is 1. The van der Waals surface area contributed by atoms with Crippen molar-refractivity contribution in [1.82, 2.24) is 0 Å². The first-order valence-electron chi connectivity index (χ1n) is 6.37. The fourth-order valence-corrected chi connectivity index (χ4v) is 3.12. The van der Waals surface area contributed by atoms with Crippen molar-refractivity contribution in [2.45, 2.75) is 31.7 Å². The van der Waals surface area contributed by atoms with E-state index in [2.05, 4.69) is 5.32 Å². The molecule has 0 bridgehead atoms. The van der Waals surface area contributed by atoms with Gasteiger partial charge >= 0.3 is 0 Å². The highest BCUT2D eigenvalue weighted by Crippen LogP contribution is 2.51. The maximum absolute atomic E-state index is 13.7. The van der Waals surface area contributed by atoms with Crippen LogP contribution in [0.4, 0.5) is 15.8 Å². The molecule has 0 spiro atoms. The molecule has 1 aromatic carbocycles. The number of rotatable bonds is 3. The molecule has 96 valence electrons. The second kappa shape index (κ2) is 4.23. The summed E-state index contributed by atoms with van der Waals surface area (Å²) in [5.74, 6) is 0.814. The second-order valence-corrected chi connectivity index (χ2v) is 5.20. The Balaban J connectivity index is 1.72. The van der Waals surface area contributed by atoms with Gasteiger partial charge < -0.3 is 5.32 Å². The van der Waals surface area contributed by atoms with E-state index in [1.165, 1.54) is 37.8 Å². The minimum absolute atomic E-state index is 0.203. The van der Waals surface area contributed by atoms with Gasteiger partial charge in [-0.2, -0.15) is 0 Å². The Bertz CT molecular complexity index is 480. The van der Waals surface area contributed by atoms with Crippen molar-refractivity contribution < 1.29 is 9.31 Å². The molecule has 2 saturated carbocycles. The lowest BCUT2D eigenvalue weighted by Crippen LogP contribution is -2.07. The number of nitro benzene ring substituents is 1. The molecule has 2 aliphatic carbocycles. The van der Waals surface area contributed by atoms with Crippen LogP contribution < -0.4 is 5.32 Å². The van der Waals surface area contributed by atoms with E-state index in [0.717, 1.165) is 6.07 Å². The molecule has 2 aliphatic rings. The van der Waals surface area contributed by atoms with Gasteiger partial charge in [-0.15, -0.1) is 0 Å². The maximum atomic E-state index is 13.7. The average molecular weight is 250 g/mol. The molecule has 0 saturated heterocycles. The summed E-state index contributed by atoms with van der Waals surface area (Å²) >= 11 is 0. The van der Waals surface area contributed by atoms with Crippen LogP contribution in [0.5, 0.6) is 0 Å². The number of halogens is 1. The summed E-state index contributed by atoms with van der Waals surface area (Å²) in [4.78, 5) is 9.94. The third-order valence-corrected chi connectivity index (χ3v) is 4.14. The number of nitrogens with one attached hydrogen (secondary N) is 1. The zero-order valence-corrected chi connectivity index (χ0v) is 9.93. The largest absolute Gasteiger partial charge is 0.379 e. The lowest BCUT2D eigenvalue weighted by molar-refractivity contribution is -0.385. The Morgan fingerprint density at radius 2 is 1.94 bits per heavy atom. The molecule has 18 heavy (non-hydrogen) atoms. The topological polar surface area (TPSA) is 55.2 Å². The summed E-state index contributed by atoms with van der Waals surface area (Å²) in [5, 5.41) is 13.7. The summed E-state index contributed by atoms with van der Waals surface area (Å²) in [6.45, 7) is 0. The molecule has 1 aromatic rings. The second-order valence-electron chi connectivity index (χ2n) is 5.20. The summed E-state index contributed by atoms with van der Waals surface area (Å²) in [6, 6.07) is 4.16. The standard InChI is InChI=1S/C13H15FN2O2/c14-11-7-8(16(17)18)5-6-12(11)15-13-9-3-1-2-4-10(9)13/h5-7,9-10,13,15H,1-4H2/t9-,10-/m1/s1. The first kappa shape index (κ1) is 11.4. The van der Waals surface area contributed by atoms with Gasteiger partial charge in [0.25, 0.3) is 5.69 Å². The number of fused-ring (bicyclic) bond motifs is 1. The SMILES string of the molecule is O=[N+]([O-])c1ccc(NC2[C@@H]3CCCC[C@@H]23)c(F)c1. The van der Waals surface area contributed by atoms with Crippen LogP contribution in [-0.2, 0) is 0 Å². The fourth-order valence-electron chi connectivity index (χ4n) is 3.12. The minimum Gasteiger partial charge on any atom is -0.379 e. The lowest BCUT2D eigenvalue weighted by Gasteiger charge is -2.06. The van der Waals surface area contributed by atoms with E-state index in [0.29, 0.717) is 23.6 Å². The van der Waals surface area contributed by atoms with Gasteiger partial charge in [-0.1, -0.05) is 12.8 Å². The van der Waals surface area contributed by atoms with Gasteiger partial charge in [0.1, 0.15) is 0 Å². The van der Waals surface area contributed by atoms with Crippen molar-refractivity contribution in [3.63, 3.8) is 0 Å². The van der Waals surface area contributed by atoms with Crippen LogP contribution in [0.2, 0.25) is 0 Å². The number of hydrogen-bond donors (Lipinski definition) is 1. The van der Waals surface area contributed by atoms with Crippen molar-refractivity contribution in [3.05, 3.63) is 34.1 Å². The highest BCUT2D eigenvalue weighted by Gasteiger charge is 2.50. The number of hydrogen-bond acceptors (Lipinski definition) is 3. The molecular formula is C13H15FN2O2. The molecule has 2 atom stereocenters. The zero-order valence-electron chi connectivity index (χ0n) is 9.93. The smallest absolute Gasteiger partial charge is 0.272 e. The highest BCUT2D eigenvalue weighted by atomic mass is 19.1. The lowest BCUT2D eigenvalue weighted by atomic mass is 10.0. The van der Waals surface area contributed by atoms with Crippen LogP contribution in [0.3, 0.4) is 0 Å². The molecule has 0 aromatic heterocycles. The van der Waals surface area contributed by atoms with E-state index in [1.807, 2.05) is 0 Å². The van der Waals surface area contributed by atoms with E-state index in [1.54, 1.807) is 0 Å². The molecule has 0 radical (unpaired) electrons. The molecular weight excluding hydrogens is 235 g/mol. The predicted molar refractivity (Wildman–Crippen MR) is 65.9 cm³/mol. The molecule has 3 rings (SSSR count). The Labute approximate surface area is 104 Å². The monoisotopic (exact) mass is 250 g/mol. The molecule has 2 fully saturated rings. The maximum Gasteiger partial charge on any atom is 0.272 e. The van der Waals surface area contributed by atoms with Crippen molar-refractivity contribution in [2.24, 2.45) is 11.8 Å². The Kier molecular flexibility index (Phi) is 2.69. The number of nitrogens with zero attached hydrogens (tertiary/aromatic N) is 1. The van der Waals surface area contributed by atoms with Crippen LogP contribution in [-0.4, -0.2) is 11.0 Å². The summed E-state index contributed by atoms with van der Waals surface area (Å²) in [6.07, 6.45) is 4.97. The van der Waals surface area contributed by atoms with Gasteiger partial charge in [0.05, 0.1) is 16.7 Å². The van der Waals surface area contributed by atoms with E-state index in [4.69, 9.17) is 0 Å². The third kappa shape index (κ3) is 1.94. The minimum atomic E-state index is -0.580. The Morgan fingerprint density at radius 1 is 1.28 bits per heavy atom. The molecule has 4 nitrogen and oxygen atoms in total. The first-order valence-corrected chi connectivity index (χ1v) is 6.37. The predicted octanol–water partition coefficient (Wildman–Crippen LogP) is 3.33. The molecule has 1 N–H and O–H groups in total. The molecule has 0 amide bonds. The van der Waals surface area contributed by atoms with Crippen molar-refractivity contribution in [1.29, 1.82) is 0 Å². The zero-order chi connectivity index (χ0) is 12.7. The fraction of sp³-hybridized carbons (Fsp3) is 0.538. The van der Waals surface area contributed by atoms with Gasteiger partial charge in [0, 0.05) is 12.1 Å². The van der Waals surface area contributed by atoms with E-state index in [9.17, 15) is 14.5 Å². The van der Waals surface area contributed by atoms with Gasteiger partial charge in [0.15, 0.2) is 5.82 Å². The average Bonchev–Trinajstić information content (AvgIpc) is 3.05.